The van der Waals surface area contributed by atoms with Gasteiger partial charge in [0.25, 0.3) is 6.47 Å². The fourth-order valence-corrected chi connectivity index (χ4v) is 3.99. The van der Waals surface area contributed by atoms with E-state index < -0.39 is 23.6 Å². The van der Waals surface area contributed by atoms with E-state index in [9.17, 15) is 27.9 Å². The summed E-state index contributed by atoms with van der Waals surface area (Å²) in [5.74, 6) is -0.158. The zero-order chi connectivity index (χ0) is 29.0. The van der Waals surface area contributed by atoms with Crippen LogP contribution in [0.2, 0.25) is 0 Å². The van der Waals surface area contributed by atoms with Crippen LogP contribution in [0.5, 0.6) is 5.75 Å². The van der Waals surface area contributed by atoms with E-state index in [-0.39, 0.29) is 36.0 Å². The van der Waals surface area contributed by atoms with E-state index in [1.54, 1.807) is 13.8 Å². The number of hydrogen-bond donors (Lipinski definition) is 4. The van der Waals surface area contributed by atoms with E-state index >= 15 is 0 Å². The summed E-state index contributed by atoms with van der Waals surface area (Å²) in [5.41, 5.74) is 0.490. The Morgan fingerprint density at radius 1 is 1.28 bits per heavy atom. The van der Waals surface area contributed by atoms with Gasteiger partial charge in [0.15, 0.2) is 5.82 Å². The lowest BCUT2D eigenvalue weighted by molar-refractivity contribution is -0.137. The molecule has 1 unspecified atom stereocenters. The molecule has 0 aliphatic carbocycles. The first-order valence-corrected chi connectivity index (χ1v) is 12.2. The van der Waals surface area contributed by atoms with Gasteiger partial charge < -0.3 is 35.3 Å². The number of methoxy groups -OCH3 is 2. The average Bonchev–Trinajstić information content (AvgIpc) is 2.90. The molecular formula is C25H34F3N5O6. The summed E-state index contributed by atoms with van der Waals surface area (Å²) in [4.78, 5) is 20.9. The molecule has 1 saturated heterocycles. The standard InChI is InChI=1S/C22H28F3N5O4.C3H6O2/c1-12-16(10-27-21(32)34-3)20(28-15-5-4-6-26-9-15)30-29-19(12)18-13(11-33-2)7-14(8-17(18)31)22(23,24)25;1-2-5-3-4/h7-8,15,26,31H,4-6,9-11H2,1-3H3,(H,27,32)(H,28,30);3H,2H2,1H3. The van der Waals surface area contributed by atoms with Gasteiger partial charge in [0.2, 0.25) is 0 Å². The number of benzene rings is 1. The van der Waals surface area contributed by atoms with Gasteiger partial charge in [0, 0.05) is 30.8 Å². The molecule has 4 N–H and O–H groups in total. The smallest absolute Gasteiger partial charge is 0.416 e. The number of anilines is 1. The van der Waals surface area contributed by atoms with Gasteiger partial charge in [-0.1, -0.05) is 0 Å². The number of hydrogen-bond acceptors (Lipinski definition) is 10. The zero-order valence-electron chi connectivity index (χ0n) is 22.3. The molecule has 0 spiro atoms. The van der Waals surface area contributed by atoms with E-state index in [0.717, 1.165) is 32.0 Å². The predicted octanol–water partition coefficient (Wildman–Crippen LogP) is 3.52. The fraction of sp³-hybridized carbons (Fsp3) is 0.520. The lowest BCUT2D eigenvalue weighted by atomic mass is 9.95. The number of rotatable bonds is 9. The monoisotopic (exact) mass is 557 g/mol. The molecule has 1 atom stereocenters. The summed E-state index contributed by atoms with van der Waals surface area (Å²) < 4.78 is 53.8. The molecule has 11 nitrogen and oxygen atoms in total. The Morgan fingerprint density at radius 3 is 2.56 bits per heavy atom. The molecule has 2 heterocycles. The summed E-state index contributed by atoms with van der Waals surface area (Å²) in [6.07, 6.45) is -3.40. The van der Waals surface area contributed by atoms with Crippen LogP contribution in [0.4, 0.5) is 23.8 Å². The molecule has 1 aromatic carbocycles. The van der Waals surface area contributed by atoms with E-state index in [4.69, 9.17) is 4.74 Å². The number of piperidine rings is 1. The molecule has 3 rings (SSSR count). The maximum atomic E-state index is 13.3. The zero-order valence-corrected chi connectivity index (χ0v) is 22.3. The molecule has 216 valence electrons. The number of nitrogens with one attached hydrogen (secondary N) is 3. The highest BCUT2D eigenvalue weighted by Crippen LogP contribution is 2.41. The van der Waals surface area contributed by atoms with Crippen LogP contribution in [0, 0.1) is 6.92 Å². The van der Waals surface area contributed by atoms with Crippen molar-refractivity contribution in [3.8, 4) is 17.0 Å². The Bertz CT molecular complexity index is 1110. The summed E-state index contributed by atoms with van der Waals surface area (Å²) in [6, 6.07) is 1.67. The van der Waals surface area contributed by atoms with Crippen LogP contribution < -0.4 is 16.0 Å². The van der Waals surface area contributed by atoms with Gasteiger partial charge in [-0.2, -0.15) is 13.2 Å². The van der Waals surface area contributed by atoms with Crippen molar-refractivity contribution >= 4 is 18.4 Å². The molecule has 1 aromatic heterocycles. The highest BCUT2D eigenvalue weighted by atomic mass is 19.4. The van der Waals surface area contributed by atoms with Gasteiger partial charge in [-0.25, -0.2) is 4.79 Å². The molecule has 1 amide bonds. The Balaban J connectivity index is 0.000000976. The average molecular weight is 558 g/mol. The quantitative estimate of drug-likeness (QED) is 0.338. The number of ether oxygens (including phenoxy) is 3. The highest BCUT2D eigenvalue weighted by Gasteiger charge is 2.33. The van der Waals surface area contributed by atoms with Crippen LogP contribution in [-0.2, 0) is 38.3 Å². The number of nitrogens with zero attached hydrogens (tertiary/aromatic N) is 2. The summed E-state index contributed by atoms with van der Waals surface area (Å²) in [5, 5.41) is 28.3. The van der Waals surface area contributed by atoms with Crippen LogP contribution in [-0.4, -0.2) is 67.8 Å². The van der Waals surface area contributed by atoms with Crippen molar-refractivity contribution in [1.82, 2.24) is 20.8 Å². The normalized spacial score (nSPS) is 15.0. The number of carbonyl (C=O) groups excluding carboxylic acids is 2. The number of halogens is 3. The molecule has 0 radical (unpaired) electrons. The largest absolute Gasteiger partial charge is 0.507 e. The van der Waals surface area contributed by atoms with E-state index in [2.05, 4.69) is 35.6 Å². The SMILES string of the molecule is CCOC=O.COCc1cc(C(F)(F)F)cc(O)c1-c1nnc(NC2CCCNC2)c(CNC(=O)OC)c1C. The third-order valence-corrected chi connectivity index (χ3v) is 5.87. The van der Waals surface area contributed by atoms with Crippen molar-refractivity contribution in [3.63, 3.8) is 0 Å². The Kier molecular flexibility index (Phi) is 12.2. The van der Waals surface area contributed by atoms with Crippen molar-refractivity contribution in [2.24, 2.45) is 0 Å². The van der Waals surface area contributed by atoms with Crippen molar-refractivity contribution in [2.45, 2.75) is 52.1 Å². The first-order valence-electron chi connectivity index (χ1n) is 12.2. The van der Waals surface area contributed by atoms with Crippen LogP contribution in [0.1, 0.15) is 42.0 Å². The lowest BCUT2D eigenvalue weighted by Crippen LogP contribution is -2.39. The minimum absolute atomic E-state index is 0.0323. The van der Waals surface area contributed by atoms with Crippen LogP contribution >= 0.6 is 0 Å². The summed E-state index contributed by atoms with van der Waals surface area (Å²) in [6.45, 7) is 5.87. The van der Waals surface area contributed by atoms with Crippen molar-refractivity contribution in [3.05, 3.63) is 34.4 Å². The van der Waals surface area contributed by atoms with Crippen LogP contribution in [0.25, 0.3) is 11.3 Å². The molecular weight excluding hydrogens is 523 g/mol. The second-order valence-corrected chi connectivity index (χ2v) is 8.55. The van der Waals surface area contributed by atoms with Gasteiger partial charge in [-0.05, 0) is 56.5 Å². The lowest BCUT2D eigenvalue weighted by Gasteiger charge is -2.26. The highest BCUT2D eigenvalue weighted by molar-refractivity contribution is 5.76. The first kappa shape index (κ1) is 31.6. The Hall–Kier alpha value is -3.65. The van der Waals surface area contributed by atoms with Gasteiger partial charge in [-0.15, -0.1) is 10.2 Å². The van der Waals surface area contributed by atoms with E-state index in [1.165, 1.54) is 14.2 Å². The van der Waals surface area contributed by atoms with Crippen molar-refractivity contribution < 1.29 is 42.1 Å². The third kappa shape index (κ3) is 8.96. The van der Waals surface area contributed by atoms with Gasteiger partial charge in [-0.3, -0.25) is 4.79 Å². The summed E-state index contributed by atoms with van der Waals surface area (Å²) >= 11 is 0. The number of phenolic OH excluding ortho intramolecular Hbond substituents is 1. The maximum Gasteiger partial charge on any atom is 0.416 e. The number of carbonyl (C=O) groups is 2. The van der Waals surface area contributed by atoms with Crippen LogP contribution in [0.3, 0.4) is 0 Å². The number of amides is 1. The van der Waals surface area contributed by atoms with E-state index in [0.29, 0.717) is 36.1 Å². The van der Waals surface area contributed by atoms with Gasteiger partial charge in [0.1, 0.15) is 11.4 Å². The molecule has 0 saturated carbocycles. The number of alkyl halides is 3. The van der Waals surface area contributed by atoms with Crippen molar-refractivity contribution in [2.75, 3.05) is 39.2 Å². The maximum absolute atomic E-state index is 13.3. The summed E-state index contributed by atoms with van der Waals surface area (Å²) in [7, 11) is 2.58. The molecule has 0 bridgehead atoms. The molecule has 2 aromatic rings. The van der Waals surface area contributed by atoms with Gasteiger partial charge in [0.05, 0.1) is 32.4 Å². The van der Waals surface area contributed by atoms with Crippen molar-refractivity contribution in [1.29, 1.82) is 0 Å². The third-order valence-electron chi connectivity index (χ3n) is 5.87. The number of phenols is 1. The second kappa shape index (κ2) is 15.1. The minimum atomic E-state index is -4.64. The van der Waals surface area contributed by atoms with E-state index in [1.807, 2.05) is 0 Å². The molecule has 14 heteroatoms. The predicted molar refractivity (Wildman–Crippen MR) is 136 cm³/mol. The van der Waals surface area contributed by atoms with Crippen LogP contribution in [0.15, 0.2) is 12.1 Å². The molecule has 1 aliphatic rings. The first-order chi connectivity index (χ1) is 18.6. The minimum Gasteiger partial charge on any atom is -0.507 e. The Labute approximate surface area is 224 Å². The molecule has 1 fully saturated rings. The second-order valence-electron chi connectivity index (χ2n) is 8.55. The molecule has 39 heavy (non-hydrogen) atoms. The number of aromatic nitrogens is 2. The Morgan fingerprint density at radius 2 is 2.03 bits per heavy atom. The topological polar surface area (TPSA) is 144 Å². The number of alkyl carbamates (subject to hydrolysis) is 1. The number of aromatic hydroxyl groups is 1. The molecule has 1 aliphatic heterocycles. The van der Waals surface area contributed by atoms with Gasteiger partial charge >= 0.3 is 12.3 Å². The fourth-order valence-electron chi connectivity index (χ4n) is 3.99.